The van der Waals surface area contributed by atoms with Crippen molar-refractivity contribution in [2.24, 2.45) is 0 Å². The predicted molar refractivity (Wildman–Crippen MR) is 77.0 cm³/mol. The molecule has 0 bridgehead atoms. The van der Waals surface area contributed by atoms with Crippen molar-refractivity contribution >= 4 is 15.9 Å². The standard InChI is InChI=1S/C14H17BrN2O2/c1-3-17-13(6-10(2)16-17)9-19-14-5-4-12(15)7-11(14)8-18/h4-7,18H,3,8-9H2,1-2H3. The minimum Gasteiger partial charge on any atom is -0.487 e. The lowest BCUT2D eigenvalue weighted by atomic mass is 10.2. The SMILES string of the molecule is CCn1nc(C)cc1COc1ccc(Br)cc1CO. The number of hydrogen-bond acceptors (Lipinski definition) is 3. The van der Waals surface area contributed by atoms with Crippen molar-refractivity contribution in [3.8, 4) is 5.75 Å². The number of hydrogen-bond donors (Lipinski definition) is 1. The van der Waals surface area contributed by atoms with Gasteiger partial charge in [0.2, 0.25) is 0 Å². The van der Waals surface area contributed by atoms with Gasteiger partial charge in [0.05, 0.1) is 18.0 Å². The van der Waals surface area contributed by atoms with Crippen molar-refractivity contribution in [3.63, 3.8) is 0 Å². The molecule has 0 spiro atoms. The summed E-state index contributed by atoms with van der Waals surface area (Å²) >= 11 is 3.38. The number of rotatable bonds is 5. The Labute approximate surface area is 121 Å². The molecule has 19 heavy (non-hydrogen) atoms. The number of aromatic nitrogens is 2. The number of aryl methyl sites for hydroxylation is 2. The molecule has 0 saturated carbocycles. The summed E-state index contributed by atoms with van der Waals surface area (Å²) in [4.78, 5) is 0. The monoisotopic (exact) mass is 324 g/mol. The zero-order chi connectivity index (χ0) is 13.8. The number of benzene rings is 1. The molecular weight excluding hydrogens is 308 g/mol. The lowest BCUT2D eigenvalue weighted by molar-refractivity contribution is 0.254. The van der Waals surface area contributed by atoms with Gasteiger partial charge in [0.15, 0.2) is 0 Å². The molecule has 1 heterocycles. The van der Waals surface area contributed by atoms with Gasteiger partial charge in [-0.3, -0.25) is 4.68 Å². The molecule has 0 aliphatic rings. The molecule has 0 radical (unpaired) electrons. The molecule has 0 aliphatic carbocycles. The number of halogens is 1. The van der Waals surface area contributed by atoms with E-state index in [1.165, 1.54) is 0 Å². The second kappa shape index (κ2) is 6.21. The third kappa shape index (κ3) is 3.36. The Hall–Kier alpha value is -1.33. The molecule has 1 aromatic carbocycles. The molecule has 0 atom stereocenters. The van der Waals surface area contributed by atoms with Crippen molar-refractivity contribution in [2.45, 2.75) is 33.6 Å². The van der Waals surface area contributed by atoms with Gasteiger partial charge in [0, 0.05) is 16.6 Å². The highest BCUT2D eigenvalue weighted by Gasteiger charge is 2.07. The van der Waals surface area contributed by atoms with E-state index < -0.39 is 0 Å². The average Bonchev–Trinajstić information content (AvgIpc) is 2.77. The maximum absolute atomic E-state index is 9.33. The number of aliphatic hydroxyl groups excluding tert-OH is 1. The van der Waals surface area contributed by atoms with Gasteiger partial charge in [-0.25, -0.2) is 0 Å². The lowest BCUT2D eigenvalue weighted by Crippen LogP contribution is -2.07. The summed E-state index contributed by atoms with van der Waals surface area (Å²) in [5.41, 5.74) is 2.79. The van der Waals surface area contributed by atoms with Crippen molar-refractivity contribution < 1.29 is 9.84 Å². The van der Waals surface area contributed by atoms with Crippen molar-refractivity contribution in [1.82, 2.24) is 9.78 Å². The Morgan fingerprint density at radius 2 is 2.16 bits per heavy atom. The normalized spacial score (nSPS) is 10.7. The summed E-state index contributed by atoms with van der Waals surface area (Å²) in [6, 6.07) is 7.63. The summed E-state index contributed by atoms with van der Waals surface area (Å²) in [6.07, 6.45) is 0. The fourth-order valence-electron chi connectivity index (χ4n) is 1.95. The van der Waals surface area contributed by atoms with Gasteiger partial charge in [-0.2, -0.15) is 5.10 Å². The molecule has 5 heteroatoms. The maximum atomic E-state index is 9.33. The van der Waals surface area contributed by atoms with Crippen LogP contribution >= 0.6 is 15.9 Å². The van der Waals surface area contributed by atoms with E-state index in [4.69, 9.17) is 4.74 Å². The van der Waals surface area contributed by atoms with Crippen LogP contribution in [0.5, 0.6) is 5.75 Å². The van der Waals surface area contributed by atoms with Gasteiger partial charge in [-0.15, -0.1) is 0 Å². The van der Waals surface area contributed by atoms with Crippen LogP contribution in [0, 0.1) is 6.92 Å². The van der Waals surface area contributed by atoms with E-state index in [9.17, 15) is 5.11 Å². The van der Waals surface area contributed by atoms with Gasteiger partial charge in [0.1, 0.15) is 12.4 Å². The predicted octanol–water partition coefficient (Wildman–Crippen LogP) is 3.05. The summed E-state index contributed by atoms with van der Waals surface area (Å²) in [5.74, 6) is 0.701. The molecule has 102 valence electrons. The van der Waals surface area contributed by atoms with E-state index in [1.54, 1.807) is 0 Å². The third-order valence-electron chi connectivity index (χ3n) is 2.85. The summed E-state index contributed by atoms with van der Waals surface area (Å²) in [5, 5.41) is 13.7. The van der Waals surface area contributed by atoms with Gasteiger partial charge >= 0.3 is 0 Å². The molecular formula is C14H17BrN2O2. The van der Waals surface area contributed by atoms with E-state index >= 15 is 0 Å². The Bertz CT molecular complexity index is 567. The smallest absolute Gasteiger partial charge is 0.130 e. The van der Waals surface area contributed by atoms with Gasteiger partial charge < -0.3 is 9.84 Å². The Balaban J connectivity index is 2.14. The van der Waals surface area contributed by atoms with Crippen LogP contribution < -0.4 is 4.74 Å². The molecule has 0 amide bonds. The number of nitrogens with zero attached hydrogens (tertiary/aromatic N) is 2. The first kappa shape index (κ1) is 14.1. The zero-order valence-electron chi connectivity index (χ0n) is 11.1. The van der Waals surface area contributed by atoms with Crippen LogP contribution in [0.1, 0.15) is 23.9 Å². The van der Waals surface area contributed by atoms with Crippen LogP contribution in [0.15, 0.2) is 28.7 Å². The fraction of sp³-hybridized carbons (Fsp3) is 0.357. The minimum atomic E-state index is -0.0408. The van der Waals surface area contributed by atoms with E-state index in [0.29, 0.717) is 12.4 Å². The van der Waals surface area contributed by atoms with E-state index in [0.717, 1.165) is 28.0 Å². The van der Waals surface area contributed by atoms with Crippen molar-refractivity contribution in [3.05, 3.63) is 45.7 Å². The Morgan fingerprint density at radius 3 is 2.84 bits per heavy atom. The van der Waals surface area contributed by atoms with Crippen LogP contribution in [0.4, 0.5) is 0 Å². The van der Waals surface area contributed by atoms with Gasteiger partial charge in [0.25, 0.3) is 0 Å². The second-order valence-corrected chi connectivity index (χ2v) is 5.21. The third-order valence-corrected chi connectivity index (χ3v) is 3.35. The van der Waals surface area contributed by atoms with Crippen molar-refractivity contribution in [2.75, 3.05) is 0 Å². The van der Waals surface area contributed by atoms with E-state index in [1.807, 2.05) is 35.9 Å². The van der Waals surface area contributed by atoms with Crippen LogP contribution in [0.2, 0.25) is 0 Å². The highest BCUT2D eigenvalue weighted by atomic mass is 79.9. The van der Waals surface area contributed by atoms with Crippen LogP contribution in [-0.2, 0) is 19.8 Å². The van der Waals surface area contributed by atoms with Crippen LogP contribution in [0.3, 0.4) is 0 Å². The van der Waals surface area contributed by atoms with Gasteiger partial charge in [-0.1, -0.05) is 15.9 Å². The molecule has 4 nitrogen and oxygen atoms in total. The average molecular weight is 325 g/mol. The molecule has 0 aliphatic heterocycles. The summed E-state index contributed by atoms with van der Waals surface area (Å²) in [6.45, 7) is 5.24. The Kier molecular flexibility index (Phi) is 4.61. The fourth-order valence-corrected chi connectivity index (χ4v) is 2.36. The largest absolute Gasteiger partial charge is 0.487 e. The highest BCUT2D eigenvalue weighted by Crippen LogP contribution is 2.24. The first-order chi connectivity index (χ1) is 9.13. The second-order valence-electron chi connectivity index (χ2n) is 4.29. The van der Waals surface area contributed by atoms with E-state index in [-0.39, 0.29) is 6.61 Å². The molecule has 2 aromatic rings. The lowest BCUT2D eigenvalue weighted by Gasteiger charge is -2.11. The highest BCUT2D eigenvalue weighted by molar-refractivity contribution is 9.10. The molecule has 0 saturated heterocycles. The van der Waals surface area contributed by atoms with Crippen LogP contribution in [-0.4, -0.2) is 14.9 Å². The summed E-state index contributed by atoms with van der Waals surface area (Å²) < 4.78 is 8.64. The van der Waals surface area contributed by atoms with E-state index in [2.05, 4.69) is 28.0 Å². The Morgan fingerprint density at radius 1 is 1.37 bits per heavy atom. The van der Waals surface area contributed by atoms with Gasteiger partial charge in [-0.05, 0) is 38.1 Å². The zero-order valence-corrected chi connectivity index (χ0v) is 12.6. The van der Waals surface area contributed by atoms with Crippen LogP contribution in [0.25, 0.3) is 0 Å². The first-order valence-electron chi connectivity index (χ1n) is 6.19. The minimum absolute atomic E-state index is 0.0408. The quantitative estimate of drug-likeness (QED) is 0.919. The molecule has 1 aromatic heterocycles. The van der Waals surface area contributed by atoms with Crippen molar-refractivity contribution in [1.29, 1.82) is 0 Å². The molecule has 2 rings (SSSR count). The topological polar surface area (TPSA) is 47.3 Å². The summed E-state index contributed by atoms with van der Waals surface area (Å²) in [7, 11) is 0. The molecule has 0 fully saturated rings. The molecule has 1 N–H and O–H groups in total. The number of aliphatic hydroxyl groups is 1. The maximum Gasteiger partial charge on any atom is 0.130 e. The number of ether oxygens (including phenoxy) is 1. The first-order valence-corrected chi connectivity index (χ1v) is 6.98. The molecule has 0 unspecified atom stereocenters.